The van der Waals surface area contributed by atoms with Gasteiger partial charge >= 0.3 is 12.0 Å². The number of hydrogen-bond acceptors (Lipinski definition) is 4. The monoisotopic (exact) mass is 242 g/mol. The van der Waals surface area contributed by atoms with E-state index in [1.54, 1.807) is 6.20 Å². The van der Waals surface area contributed by atoms with Crippen LogP contribution in [-0.4, -0.2) is 39.8 Å². The Morgan fingerprint density at radius 3 is 2.94 bits per heavy atom. The number of carbonyl (C=O) groups excluding carboxylic acids is 1. The zero-order valence-electron chi connectivity index (χ0n) is 9.34. The predicted molar refractivity (Wildman–Crippen MR) is 57.0 cm³/mol. The molecule has 2 amide bonds. The van der Waals surface area contributed by atoms with E-state index in [4.69, 9.17) is 5.11 Å². The van der Waals surface area contributed by atoms with E-state index in [1.165, 1.54) is 0 Å². The van der Waals surface area contributed by atoms with Crippen LogP contribution < -0.4 is 10.8 Å². The van der Waals surface area contributed by atoms with Crippen molar-refractivity contribution in [3.63, 3.8) is 0 Å². The van der Waals surface area contributed by atoms with Crippen LogP contribution in [0.5, 0.6) is 0 Å². The Morgan fingerprint density at radius 1 is 1.59 bits per heavy atom. The predicted octanol–water partition coefficient (Wildman–Crippen LogP) is -0.722. The highest BCUT2D eigenvalue weighted by atomic mass is 16.7. The fourth-order valence-corrected chi connectivity index (χ4v) is 1.12. The van der Waals surface area contributed by atoms with Crippen LogP contribution in [0.25, 0.3) is 0 Å². The zero-order valence-corrected chi connectivity index (χ0v) is 9.34. The molecule has 3 N–H and O–H groups in total. The zero-order chi connectivity index (χ0) is 12.7. The highest BCUT2D eigenvalue weighted by Gasteiger charge is 2.03. The quantitative estimate of drug-likeness (QED) is 0.571. The third-order valence-electron chi connectivity index (χ3n) is 1.92. The van der Waals surface area contributed by atoms with Gasteiger partial charge in [-0.15, -0.1) is 0 Å². The number of carbonyl (C=O) groups is 2. The van der Waals surface area contributed by atoms with Gasteiger partial charge < -0.3 is 15.0 Å². The van der Waals surface area contributed by atoms with Gasteiger partial charge in [-0.25, -0.2) is 20.1 Å². The number of nitrogens with zero attached hydrogens (tertiary/aromatic N) is 2. The maximum atomic E-state index is 11.1. The number of amides is 2. The minimum Gasteiger partial charge on any atom is -0.479 e. The van der Waals surface area contributed by atoms with Crippen molar-refractivity contribution in [3.05, 3.63) is 18.2 Å². The molecule has 1 aromatic rings. The Bertz CT molecular complexity index is 390. The van der Waals surface area contributed by atoms with E-state index >= 15 is 0 Å². The summed E-state index contributed by atoms with van der Waals surface area (Å²) in [6.07, 6.45) is 4.06. The lowest BCUT2D eigenvalue weighted by molar-refractivity contribution is -0.144. The van der Waals surface area contributed by atoms with Crippen molar-refractivity contribution in [2.45, 2.75) is 6.42 Å². The highest BCUT2D eigenvalue weighted by molar-refractivity contribution is 5.73. The van der Waals surface area contributed by atoms with Crippen LogP contribution in [0.4, 0.5) is 4.79 Å². The fraction of sp³-hybridized carbons (Fsp3) is 0.444. The van der Waals surface area contributed by atoms with Crippen molar-refractivity contribution in [1.82, 2.24) is 20.3 Å². The molecule has 17 heavy (non-hydrogen) atoms. The molecular formula is C9H14N4O4. The molecular weight excluding hydrogens is 228 g/mol. The number of rotatable bonds is 6. The van der Waals surface area contributed by atoms with E-state index in [0.29, 0.717) is 13.0 Å². The van der Waals surface area contributed by atoms with Crippen molar-refractivity contribution in [1.29, 1.82) is 0 Å². The van der Waals surface area contributed by atoms with Crippen LogP contribution >= 0.6 is 0 Å². The number of hydroxylamine groups is 1. The van der Waals surface area contributed by atoms with Crippen LogP contribution in [0, 0.1) is 0 Å². The van der Waals surface area contributed by atoms with Gasteiger partial charge in [-0.2, -0.15) is 0 Å². The summed E-state index contributed by atoms with van der Waals surface area (Å²) in [7, 11) is 1.86. The minimum atomic E-state index is -1.15. The Morgan fingerprint density at radius 2 is 2.35 bits per heavy atom. The van der Waals surface area contributed by atoms with Gasteiger partial charge in [0.15, 0.2) is 6.61 Å². The molecule has 0 atom stereocenters. The molecule has 8 nitrogen and oxygen atoms in total. The van der Waals surface area contributed by atoms with Crippen LogP contribution in [0.1, 0.15) is 5.82 Å². The summed E-state index contributed by atoms with van der Waals surface area (Å²) in [6, 6.07) is -0.583. The van der Waals surface area contributed by atoms with Crippen LogP contribution in [0.15, 0.2) is 12.4 Å². The maximum absolute atomic E-state index is 11.1. The number of aryl methyl sites for hydroxylation is 1. The first-order valence-electron chi connectivity index (χ1n) is 4.93. The first-order chi connectivity index (χ1) is 8.09. The lowest BCUT2D eigenvalue weighted by Gasteiger charge is -2.06. The van der Waals surface area contributed by atoms with Crippen molar-refractivity contribution in [2.75, 3.05) is 13.2 Å². The van der Waals surface area contributed by atoms with E-state index in [1.807, 2.05) is 23.3 Å². The van der Waals surface area contributed by atoms with Crippen LogP contribution in [-0.2, 0) is 23.1 Å². The number of carboxylic acids is 1. The standard InChI is InChI=1S/C9H14N4O4/c1-13-5-4-10-7(13)2-3-11-9(16)12-17-6-8(14)15/h4-5H,2-3,6H2,1H3,(H,14,15)(H2,11,12,16). The summed E-state index contributed by atoms with van der Waals surface area (Å²) in [4.78, 5) is 29.6. The second kappa shape index (κ2) is 6.48. The third-order valence-corrected chi connectivity index (χ3v) is 1.92. The molecule has 0 spiro atoms. The molecule has 0 fully saturated rings. The molecule has 8 heteroatoms. The Balaban J connectivity index is 2.12. The SMILES string of the molecule is Cn1ccnc1CCNC(=O)NOCC(=O)O. The Kier molecular flexibility index (Phi) is 4.95. The second-order valence-corrected chi connectivity index (χ2v) is 3.24. The van der Waals surface area contributed by atoms with Gasteiger partial charge in [0.1, 0.15) is 5.82 Å². The molecule has 0 aromatic carbocycles. The smallest absolute Gasteiger partial charge is 0.338 e. The molecule has 0 saturated heterocycles. The molecule has 0 unspecified atom stereocenters. The highest BCUT2D eigenvalue weighted by Crippen LogP contribution is 1.93. The van der Waals surface area contributed by atoms with Crippen molar-refractivity contribution >= 4 is 12.0 Å². The summed E-state index contributed by atoms with van der Waals surface area (Å²) in [6.45, 7) is -0.195. The van der Waals surface area contributed by atoms with Gasteiger partial charge in [-0.3, -0.25) is 4.84 Å². The Labute approximate surface area is 97.5 Å². The number of aromatic nitrogens is 2. The molecule has 0 saturated carbocycles. The van der Waals surface area contributed by atoms with E-state index in [2.05, 4.69) is 15.1 Å². The lowest BCUT2D eigenvalue weighted by Crippen LogP contribution is -2.37. The van der Waals surface area contributed by atoms with Gasteiger partial charge in [0, 0.05) is 32.4 Å². The Hall–Kier alpha value is -2.09. The fourth-order valence-electron chi connectivity index (χ4n) is 1.12. The van der Waals surface area contributed by atoms with Crippen molar-refractivity contribution in [2.24, 2.45) is 7.05 Å². The first-order valence-corrected chi connectivity index (χ1v) is 4.93. The number of urea groups is 1. The first kappa shape index (κ1) is 13.0. The average Bonchev–Trinajstić information content (AvgIpc) is 2.64. The number of imidazole rings is 1. The van der Waals surface area contributed by atoms with E-state index < -0.39 is 18.6 Å². The van der Waals surface area contributed by atoms with Crippen LogP contribution in [0.2, 0.25) is 0 Å². The van der Waals surface area contributed by atoms with Gasteiger partial charge in [0.05, 0.1) is 0 Å². The molecule has 1 heterocycles. The molecule has 0 aliphatic carbocycles. The topological polar surface area (TPSA) is 105 Å². The van der Waals surface area contributed by atoms with E-state index in [9.17, 15) is 9.59 Å². The van der Waals surface area contributed by atoms with E-state index in [0.717, 1.165) is 5.82 Å². The molecule has 0 bridgehead atoms. The van der Waals surface area contributed by atoms with Crippen LogP contribution in [0.3, 0.4) is 0 Å². The summed E-state index contributed by atoms with van der Waals surface area (Å²) in [5, 5.41) is 10.8. The van der Waals surface area contributed by atoms with Gasteiger partial charge in [-0.1, -0.05) is 0 Å². The summed E-state index contributed by atoms with van der Waals surface area (Å²) < 4.78 is 1.85. The van der Waals surface area contributed by atoms with Gasteiger partial charge in [0.25, 0.3) is 0 Å². The maximum Gasteiger partial charge on any atom is 0.338 e. The second-order valence-electron chi connectivity index (χ2n) is 3.24. The third kappa shape index (κ3) is 4.98. The van der Waals surface area contributed by atoms with E-state index in [-0.39, 0.29) is 0 Å². The molecule has 0 aliphatic heterocycles. The normalized spacial score (nSPS) is 9.94. The molecule has 1 rings (SSSR count). The summed E-state index contributed by atoms with van der Waals surface area (Å²) in [5.41, 5.74) is 1.95. The molecule has 94 valence electrons. The lowest BCUT2D eigenvalue weighted by atomic mass is 10.4. The van der Waals surface area contributed by atoms with Crippen molar-refractivity contribution in [3.8, 4) is 0 Å². The van der Waals surface area contributed by atoms with Gasteiger partial charge in [-0.05, 0) is 0 Å². The number of hydrogen-bond donors (Lipinski definition) is 3. The number of carboxylic acid groups (broad SMARTS) is 1. The van der Waals surface area contributed by atoms with Crippen molar-refractivity contribution < 1.29 is 19.5 Å². The number of aliphatic carboxylic acids is 1. The largest absolute Gasteiger partial charge is 0.479 e. The summed E-state index contributed by atoms with van der Waals surface area (Å²) in [5.74, 6) is -0.310. The molecule has 0 radical (unpaired) electrons. The molecule has 0 aliphatic rings. The summed E-state index contributed by atoms with van der Waals surface area (Å²) >= 11 is 0. The minimum absolute atomic E-state index is 0.382. The number of nitrogens with one attached hydrogen (secondary N) is 2. The van der Waals surface area contributed by atoms with Gasteiger partial charge in [0.2, 0.25) is 0 Å². The molecule has 1 aromatic heterocycles. The average molecular weight is 242 g/mol.